The molecule has 0 aliphatic heterocycles. The molecule has 0 aromatic carbocycles. The number of rotatable bonds is 0. The van der Waals surface area contributed by atoms with Gasteiger partial charge in [-0.2, -0.15) is 0 Å². The standard InChI is InChI=1S/Al.Cr.Fe.O.H. The second-order valence-electron chi connectivity index (χ2n) is 0. The molecule has 4 heteroatoms. The average Bonchev–Trinajstić information content (AvgIpc) is 1.00. The normalized spacial score (nSPS) is 0.750. The van der Waals surface area contributed by atoms with Crippen LogP contribution in [0.2, 0.25) is 0 Å². The Kier molecular flexibility index (Phi) is 119. The van der Waals surface area contributed by atoms with Crippen LogP contribution < -0.4 is 0 Å². The Morgan fingerprint density at radius 3 is 1.25 bits per heavy atom. The Balaban J connectivity index is -0.00000000500. The fraction of sp³-hybridized carbons (Fsp3) is 0. The summed E-state index contributed by atoms with van der Waals surface area (Å²) in [4.78, 5) is 0. The van der Waals surface area contributed by atoms with Crippen LogP contribution in [0.5, 0.6) is 0 Å². The minimum absolute atomic E-state index is 0. The summed E-state index contributed by atoms with van der Waals surface area (Å²) in [6.07, 6.45) is 0. The molecule has 0 fully saturated rings. The van der Waals surface area contributed by atoms with Gasteiger partial charge in [0.15, 0.2) is 0 Å². The second-order valence-corrected chi connectivity index (χ2v) is 0. The molecule has 0 amide bonds. The van der Waals surface area contributed by atoms with E-state index in [1.807, 2.05) is 0 Å². The quantitative estimate of drug-likeness (QED) is 0.416. The first kappa shape index (κ1) is 18.2. The van der Waals surface area contributed by atoms with E-state index in [9.17, 15) is 0 Å². The van der Waals surface area contributed by atoms with Gasteiger partial charge < -0.3 is 0 Å². The molecule has 0 radical (unpaired) electrons. The molecule has 0 spiro atoms. The van der Waals surface area contributed by atoms with E-state index in [1.165, 1.54) is 0 Å². The van der Waals surface area contributed by atoms with Crippen molar-refractivity contribution in [2.24, 2.45) is 0 Å². The molecule has 0 heterocycles. The summed E-state index contributed by atoms with van der Waals surface area (Å²) >= 11 is 0.611. The van der Waals surface area contributed by atoms with E-state index in [2.05, 4.69) is 0 Å². The van der Waals surface area contributed by atoms with E-state index in [0.717, 1.165) is 0 Å². The molecule has 0 rings (SSSR count). The van der Waals surface area contributed by atoms with Crippen LogP contribution in [0.3, 0.4) is 0 Å². The summed E-state index contributed by atoms with van der Waals surface area (Å²) < 4.78 is 8.28. The zero-order chi connectivity index (χ0) is 2.00. The summed E-state index contributed by atoms with van der Waals surface area (Å²) in [7, 11) is 0. The van der Waals surface area contributed by atoms with Gasteiger partial charge in [0, 0.05) is 34.4 Å². The molecular formula is HAlCrFeO. The molecule has 24 valence electrons. The van der Waals surface area contributed by atoms with E-state index < -0.39 is 0 Å². The van der Waals surface area contributed by atoms with Crippen LogP contribution in [0.25, 0.3) is 0 Å². The van der Waals surface area contributed by atoms with Crippen LogP contribution in [0.1, 0.15) is 0 Å². The maximum atomic E-state index is 8.28. The van der Waals surface area contributed by atoms with Gasteiger partial charge in [-0.3, -0.25) is 0 Å². The van der Waals surface area contributed by atoms with Crippen molar-refractivity contribution in [1.29, 1.82) is 0 Å². The van der Waals surface area contributed by atoms with E-state index in [-0.39, 0.29) is 34.4 Å². The van der Waals surface area contributed by atoms with Gasteiger partial charge in [-0.15, -0.1) is 0 Å². The van der Waals surface area contributed by atoms with E-state index >= 15 is 0 Å². The fourth-order valence-electron chi connectivity index (χ4n) is 0. The molecule has 0 unspecified atom stereocenters. The van der Waals surface area contributed by atoms with Crippen molar-refractivity contribution >= 4 is 16.2 Å². The summed E-state index contributed by atoms with van der Waals surface area (Å²) in [6.45, 7) is 0. The Morgan fingerprint density at radius 1 is 1.25 bits per heavy atom. The van der Waals surface area contributed by atoms with Crippen molar-refractivity contribution in [2.75, 3.05) is 0 Å². The molecule has 0 aromatic heterocycles. The van der Waals surface area contributed by atoms with Gasteiger partial charge in [-0.25, -0.2) is 0 Å². The third-order valence-electron chi connectivity index (χ3n) is 0. The number of hydrogen-bond donors (Lipinski definition) is 0. The molecule has 0 atom stereocenters. The minimum atomic E-state index is 0. The first-order valence-corrected chi connectivity index (χ1v) is 0.866. The van der Waals surface area contributed by atoms with Gasteiger partial charge in [0.25, 0.3) is 0 Å². The monoisotopic (exact) mass is 152 g/mol. The van der Waals surface area contributed by atoms with Gasteiger partial charge >= 0.3 is 20.0 Å². The topological polar surface area (TPSA) is 17.1 Å². The van der Waals surface area contributed by atoms with E-state index in [1.54, 1.807) is 0 Å². The fourth-order valence-corrected chi connectivity index (χ4v) is 0. The van der Waals surface area contributed by atoms with Crippen LogP contribution in [-0.4, -0.2) is 16.2 Å². The molecule has 0 bridgehead atoms. The Hall–Kier alpha value is 1.38. The van der Waals surface area contributed by atoms with Gasteiger partial charge in [-0.05, 0) is 0 Å². The summed E-state index contributed by atoms with van der Waals surface area (Å²) in [5.74, 6) is 0. The Morgan fingerprint density at radius 2 is 1.25 bits per heavy atom. The zero-order valence-corrected chi connectivity index (χ0v) is 5.67. The first-order chi connectivity index (χ1) is 1.00. The molecule has 0 aromatic rings. The van der Waals surface area contributed by atoms with E-state index in [0.29, 0.717) is 16.2 Å². The van der Waals surface area contributed by atoms with Crippen molar-refractivity contribution in [1.82, 2.24) is 0 Å². The van der Waals surface area contributed by atoms with Gasteiger partial charge in [0.2, 0.25) is 0 Å². The van der Waals surface area contributed by atoms with Crippen molar-refractivity contribution in [3.63, 3.8) is 0 Å². The molecule has 1 nitrogen and oxygen atoms in total. The molecule has 0 aliphatic rings. The molecule has 0 saturated carbocycles. The van der Waals surface area contributed by atoms with Crippen LogP contribution in [-0.2, 0) is 38.2 Å². The third kappa shape index (κ3) is 10.0. The van der Waals surface area contributed by atoms with Gasteiger partial charge in [0.05, 0.1) is 0 Å². The molecular weight excluding hydrogens is 151 g/mol. The molecule has 0 N–H and O–H groups in total. The van der Waals surface area contributed by atoms with E-state index in [4.69, 9.17) is 3.80 Å². The third-order valence-corrected chi connectivity index (χ3v) is 0. The van der Waals surface area contributed by atoms with Gasteiger partial charge in [-0.1, -0.05) is 0 Å². The van der Waals surface area contributed by atoms with Crippen LogP contribution in [0.15, 0.2) is 0 Å². The van der Waals surface area contributed by atoms with Crippen molar-refractivity contribution in [3.8, 4) is 0 Å². The van der Waals surface area contributed by atoms with Gasteiger partial charge in [0.1, 0.15) is 0 Å². The van der Waals surface area contributed by atoms with Crippen LogP contribution in [0.4, 0.5) is 0 Å². The summed E-state index contributed by atoms with van der Waals surface area (Å²) in [6, 6.07) is 0. The Labute approximate surface area is 54.4 Å². The SMILES string of the molecule is [Cr].[Fe].[O]=[AlH]. The van der Waals surface area contributed by atoms with Crippen molar-refractivity contribution < 1.29 is 38.2 Å². The predicted octanol–water partition coefficient (Wildman–Crippen LogP) is -0.772. The Bertz CT molecular complexity index is 8.00. The molecule has 4 heavy (non-hydrogen) atoms. The second kappa shape index (κ2) is 26.2. The van der Waals surface area contributed by atoms with Crippen molar-refractivity contribution in [2.45, 2.75) is 0 Å². The average molecular weight is 152 g/mol. The number of hydrogen-bond acceptors (Lipinski definition) is 1. The first-order valence-electron chi connectivity index (χ1n) is 0.289. The predicted molar refractivity (Wildman–Crippen MR) is 7.84 cm³/mol. The summed E-state index contributed by atoms with van der Waals surface area (Å²) in [5, 5.41) is 0. The van der Waals surface area contributed by atoms with Crippen LogP contribution >= 0.6 is 0 Å². The zero-order valence-electron chi connectivity index (χ0n) is 1.88. The molecule has 0 saturated heterocycles. The maximum absolute atomic E-state index is 8.28. The molecule has 0 aliphatic carbocycles. The van der Waals surface area contributed by atoms with Crippen LogP contribution in [0, 0.1) is 0 Å². The van der Waals surface area contributed by atoms with Crippen molar-refractivity contribution in [3.05, 3.63) is 0 Å². The summed E-state index contributed by atoms with van der Waals surface area (Å²) in [5.41, 5.74) is 0.